The Labute approximate surface area is 184 Å². The van der Waals surface area contributed by atoms with Crippen molar-refractivity contribution >= 4 is 30.2 Å². The smallest absolute Gasteiger partial charge is 0.317 e. The summed E-state index contributed by atoms with van der Waals surface area (Å²) in [5.74, 6) is 0.392. The van der Waals surface area contributed by atoms with Crippen LogP contribution in [0.1, 0.15) is 62.5 Å². The van der Waals surface area contributed by atoms with Gasteiger partial charge in [-0.1, -0.05) is 24.3 Å². The zero-order chi connectivity index (χ0) is 20.8. The van der Waals surface area contributed by atoms with E-state index in [4.69, 9.17) is 15.9 Å². The topological polar surface area (TPSA) is 109 Å². The molecule has 4 N–H and O–H groups in total. The highest BCUT2D eigenvalue weighted by Gasteiger charge is 2.30. The number of carbonyl (C=O) groups excluding carboxylic acids is 2. The van der Waals surface area contributed by atoms with Crippen molar-refractivity contribution in [3.8, 4) is 0 Å². The van der Waals surface area contributed by atoms with Crippen LogP contribution in [0.5, 0.6) is 0 Å². The second-order valence-electron chi connectivity index (χ2n) is 8.05. The van der Waals surface area contributed by atoms with E-state index in [2.05, 4.69) is 5.32 Å². The summed E-state index contributed by atoms with van der Waals surface area (Å²) in [7, 11) is 0. The molecule has 1 aromatic carbocycles. The quantitative estimate of drug-likeness (QED) is 0.373. The number of likely N-dealkylation sites (tertiary alicyclic amines) is 1. The molecule has 0 atom stereocenters. The molecule has 30 heavy (non-hydrogen) atoms. The Morgan fingerprint density at radius 1 is 1.10 bits per heavy atom. The van der Waals surface area contributed by atoms with Crippen LogP contribution >= 0.6 is 12.4 Å². The van der Waals surface area contributed by atoms with Crippen LogP contribution in [0.25, 0.3) is 0 Å². The summed E-state index contributed by atoms with van der Waals surface area (Å²) in [5.41, 5.74) is 7.50. The molecule has 1 aliphatic heterocycles. The van der Waals surface area contributed by atoms with Gasteiger partial charge in [0, 0.05) is 24.7 Å². The van der Waals surface area contributed by atoms with Gasteiger partial charge in [-0.15, -0.1) is 12.4 Å². The van der Waals surface area contributed by atoms with Crippen LogP contribution < -0.4 is 11.1 Å². The fraction of sp³-hybridized carbons (Fsp3) is 0.591. The van der Waals surface area contributed by atoms with Gasteiger partial charge in [0.05, 0.1) is 12.5 Å². The Balaban J connectivity index is 0.00000320. The third kappa shape index (κ3) is 6.11. The minimum absolute atomic E-state index is 0. The predicted octanol–water partition coefficient (Wildman–Crippen LogP) is 3.40. The van der Waals surface area contributed by atoms with Gasteiger partial charge in [0.25, 0.3) is 0 Å². The maximum atomic E-state index is 12.6. The average molecular weight is 437 g/mol. The predicted molar refractivity (Wildman–Crippen MR) is 119 cm³/mol. The molecule has 1 heterocycles. The van der Waals surface area contributed by atoms with Gasteiger partial charge in [0.15, 0.2) is 0 Å². The van der Waals surface area contributed by atoms with E-state index in [1.807, 2.05) is 36.1 Å². The van der Waals surface area contributed by atoms with Gasteiger partial charge in [-0.2, -0.15) is 0 Å². The maximum Gasteiger partial charge on any atom is 0.317 e. The molecule has 2 aliphatic rings. The molecule has 7 nitrogen and oxygen atoms in total. The summed E-state index contributed by atoms with van der Waals surface area (Å²) in [6.07, 6.45) is 5.08. The lowest BCUT2D eigenvalue weighted by atomic mass is 9.86. The SMILES string of the molecule is CCOC(=O)C1CCC(NC(=O)N2CCC(c3ccc(C(=N)N)cc3)CC2)CC1.Cl. The number of carbonyl (C=O) groups is 2. The molecule has 0 aromatic heterocycles. The second-order valence-corrected chi connectivity index (χ2v) is 8.05. The summed E-state index contributed by atoms with van der Waals surface area (Å²) in [6.45, 7) is 3.73. The first-order valence-electron chi connectivity index (χ1n) is 10.6. The number of nitrogens with zero attached hydrogens (tertiary/aromatic N) is 1. The maximum absolute atomic E-state index is 12.6. The first-order valence-corrected chi connectivity index (χ1v) is 10.6. The number of amidine groups is 1. The summed E-state index contributed by atoms with van der Waals surface area (Å²) in [5, 5.41) is 10.6. The molecule has 2 amide bonds. The third-order valence-electron chi connectivity index (χ3n) is 6.15. The van der Waals surface area contributed by atoms with E-state index < -0.39 is 0 Å². The normalized spacial score (nSPS) is 22.0. The van der Waals surface area contributed by atoms with Crippen molar-refractivity contribution in [2.24, 2.45) is 11.7 Å². The molecular weight excluding hydrogens is 404 g/mol. The lowest BCUT2D eigenvalue weighted by Gasteiger charge is -2.35. The molecule has 8 heteroatoms. The molecule has 0 spiro atoms. The Kier molecular flexibility index (Phi) is 8.96. The number of urea groups is 1. The fourth-order valence-electron chi connectivity index (χ4n) is 4.35. The highest BCUT2D eigenvalue weighted by atomic mass is 35.5. The third-order valence-corrected chi connectivity index (χ3v) is 6.15. The number of esters is 1. The van der Waals surface area contributed by atoms with Crippen LogP contribution in [0.4, 0.5) is 4.79 Å². The monoisotopic (exact) mass is 436 g/mol. The van der Waals surface area contributed by atoms with E-state index in [0.717, 1.165) is 57.2 Å². The molecule has 1 aromatic rings. The van der Waals surface area contributed by atoms with Gasteiger partial charge in [-0.25, -0.2) is 4.79 Å². The van der Waals surface area contributed by atoms with Gasteiger partial charge in [0.1, 0.15) is 5.84 Å². The molecule has 0 bridgehead atoms. The van der Waals surface area contributed by atoms with Crippen molar-refractivity contribution in [3.05, 3.63) is 35.4 Å². The van der Waals surface area contributed by atoms with Crippen LogP contribution in [0, 0.1) is 11.3 Å². The number of ether oxygens (including phenoxy) is 1. The van der Waals surface area contributed by atoms with E-state index in [9.17, 15) is 9.59 Å². The Bertz CT molecular complexity index is 724. The van der Waals surface area contributed by atoms with Gasteiger partial charge >= 0.3 is 12.0 Å². The molecule has 1 saturated carbocycles. The summed E-state index contributed by atoms with van der Waals surface area (Å²) >= 11 is 0. The van der Waals surface area contributed by atoms with Crippen molar-refractivity contribution in [2.75, 3.05) is 19.7 Å². The van der Waals surface area contributed by atoms with Gasteiger partial charge in [-0.05, 0) is 56.9 Å². The van der Waals surface area contributed by atoms with Crippen LogP contribution in [0.3, 0.4) is 0 Å². The lowest BCUT2D eigenvalue weighted by Crippen LogP contribution is -2.48. The minimum atomic E-state index is -0.101. The second kappa shape index (κ2) is 11.2. The lowest BCUT2D eigenvalue weighted by molar-refractivity contribution is -0.149. The summed E-state index contributed by atoms with van der Waals surface area (Å²) in [4.78, 5) is 26.4. The van der Waals surface area contributed by atoms with E-state index in [0.29, 0.717) is 12.5 Å². The van der Waals surface area contributed by atoms with Crippen molar-refractivity contribution in [1.29, 1.82) is 5.41 Å². The van der Waals surface area contributed by atoms with Crippen LogP contribution in [-0.4, -0.2) is 48.5 Å². The van der Waals surface area contributed by atoms with Crippen molar-refractivity contribution in [2.45, 2.75) is 57.4 Å². The molecule has 1 aliphatic carbocycles. The Hall–Kier alpha value is -2.28. The fourth-order valence-corrected chi connectivity index (χ4v) is 4.35. The number of nitrogens with two attached hydrogens (primary N) is 1. The van der Waals surface area contributed by atoms with Gasteiger partial charge in [0.2, 0.25) is 0 Å². The van der Waals surface area contributed by atoms with Gasteiger partial charge < -0.3 is 20.7 Å². The molecule has 1 saturated heterocycles. The zero-order valence-electron chi connectivity index (χ0n) is 17.6. The number of hydrogen-bond donors (Lipinski definition) is 3. The molecule has 166 valence electrons. The molecule has 3 rings (SSSR count). The average Bonchev–Trinajstić information content (AvgIpc) is 2.74. The molecular formula is C22H33ClN4O3. The van der Waals surface area contributed by atoms with Crippen molar-refractivity contribution < 1.29 is 14.3 Å². The first-order chi connectivity index (χ1) is 14.0. The molecule has 0 unspecified atom stereocenters. The highest BCUT2D eigenvalue weighted by Crippen LogP contribution is 2.29. The summed E-state index contributed by atoms with van der Waals surface area (Å²) < 4.78 is 5.11. The van der Waals surface area contributed by atoms with Gasteiger partial charge in [-0.3, -0.25) is 10.2 Å². The van der Waals surface area contributed by atoms with Crippen LogP contribution in [-0.2, 0) is 9.53 Å². The largest absolute Gasteiger partial charge is 0.466 e. The minimum Gasteiger partial charge on any atom is -0.466 e. The number of nitrogen functional groups attached to an aromatic ring is 1. The van der Waals surface area contributed by atoms with E-state index in [1.165, 1.54) is 5.56 Å². The number of piperidine rings is 1. The number of benzene rings is 1. The summed E-state index contributed by atoms with van der Waals surface area (Å²) in [6, 6.07) is 8.02. The Morgan fingerprint density at radius 2 is 1.70 bits per heavy atom. The number of halogens is 1. The number of amides is 2. The Morgan fingerprint density at radius 3 is 2.23 bits per heavy atom. The molecule has 2 fully saturated rings. The molecule has 0 radical (unpaired) electrons. The number of hydrogen-bond acceptors (Lipinski definition) is 4. The van der Waals surface area contributed by atoms with Crippen molar-refractivity contribution in [3.63, 3.8) is 0 Å². The number of rotatable bonds is 5. The van der Waals surface area contributed by atoms with Crippen LogP contribution in [0.15, 0.2) is 24.3 Å². The first kappa shape index (κ1) is 24.0. The zero-order valence-corrected chi connectivity index (χ0v) is 18.4. The van der Waals surface area contributed by atoms with E-state index in [-0.39, 0.29) is 42.2 Å². The highest BCUT2D eigenvalue weighted by molar-refractivity contribution is 5.94. The van der Waals surface area contributed by atoms with E-state index in [1.54, 1.807) is 0 Å². The van der Waals surface area contributed by atoms with Crippen molar-refractivity contribution in [1.82, 2.24) is 10.2 Å². The standard InChI is InChI=1S/C22H32N4O3.ClH/c1-2-29-21(27)18-7-9-19(10-8-18)25-22(28)26-13-11-16(12-14-26)15-3-5-17(6-4-15)20(23)24;/h3-6,16,18-19H,2,7-14H2,1H3,(H3,23,24)(H,25,28);1H. The van der Waals surface area contributed by atoms with Crippen LogP contribution in [0.2, 0.25) is 0 Å². The number of nitrogens with one attached hydrogen (secondary N) is 2. The van der Waals surface area contributed by atoms with E-state index >= 15 is 0 Å².